The molecular weight excluding hydrogens is 200 g/mol. The second-order valence-corrected chi connectivity index (χ2v) is 5.41. The van der Waals surface area contributed by atoms with Crippen LogP contribution in [0.25, 0.3) is 0 Å². The highest BCUT2D eigenvalue weighted by molar-refractivity contribution is 5.60. The Morgan fingerprint density at radius 3 is 2.31 bits per heavy atom. The molecule has 0 spiro atoms. The van der Waals surface area contributed by atoms with Crippen molar-refractivity contribution >= 4 is 0 Å². The maximum atomic E-state index is 10.1. The molecule has 1 aromatic rings. The molecule has 0 aliphatic carbocycles. The molecule has 2 nitrogen and oxygen atoms in total. The van der Waals surface area contributed by atoms with Gasteiger partial charge in [0.2, 0.25) is 0 Å². The van der Waals surface area contributed by atoms with Crippen LogP contribution in [0.1, 0.15) is 42.5 Å². The SMILES string of the molecule is Cc1c(C)c2c(c(C)c1O)C(C)(C)CCO2. The molecule has 0 saturated carbocycles. The molecule has 0 amide bonds. The molecule has 2 rings (SSSR count). The Balaban J connectivity index is 2.81. The molecule has 0 aromatic heterocycles. The van der Waals surface area contributed by atoms with E-state index in [1.807, 2.05) is 20.8 Å². The third kappa shape index (κ3) is 1.40. The minimum atomic E-state index is 0.0909. The molecule has 1 aliphatic heterocycles. The van der Waals surface area contributed by atoms with Crippen LogP contribution in [-0.2, 0) is 5.41 Å². The second-order valence-electron chi connectivity index (χ2n) is 5.41. The molecule has 16 heavy (non-hydrogen) atoms. The number of aromatic hydroxyl groups is 1. The van der Waals surface area contributed by atoms with E-state index >= 15 is 0 Å². The zero-order chi connectivity index (χ0) is 12.1. The Hall–Kier alpha value is -1.18. The van der Waals surface area contributed by atoms with E-state index < -0.39 is 0 Å². The minimum absolute atomic E-state index is 0.0909. The van der Waals surface area contributed by atoms with Gasteiger partial charge in [0.15, 0.2) is 0 Å². The van der Waals surface area contributed by atoms with Crippen LogP contribution in [0.4, 0.5) is 0 Å². The van der Waals surface area contributed by atoms with Crippen LogP contribution in [-0.4, -0.2) is 11.7 Å². The monoisotopic (exact) mass is 220 g/mol. The fourth-order valence-corrected chi connectivity index (χ4v) is 2.63. The summed E-state index contributed by atoms with van der Waals surface area (Å²) in [5.74, 6) is 1.42. The summed E-state index contributed by atoms with van der Waals surface area (Å²) in [6.07, 6.45) is 1.00. The van der Waals surface area contributed by atoms with Gasteiger partial charge in [-0.05, 0) is 49.3 Å². The number of hydrogen-bond acceptors (Lipinski definition) is 2. The van der Waals surface area contributed by atoms with E-state index in [9.17, 15) is 5.11 Å². The van der Waals surface area contributed by atoms with E-state index in [1.165, 1.54) is 5.56 Å². The van der Waals surface area contributed by atoms with Crippen LogP contribution >= 0.6 is 0 Å². The second kappa shape index (κ2) is 3.41. The van der Waals surface area contributed by atoms with Crippen molar-refractivity contribution in [1.82, 2.24) is 0 Å². The first-order valence-corrected chi connectivity index (χ1v) is 5.82. The molecule has 1 aromatic carbocycles. The third-order valence-electron chi connectivity index (χ3n) is 3.87. The van der Waals surface area contributed by atoms with E-state index in [0.717, 1.165) is 35.5 Å². The molecule has 1 N–H and O–H groups in total. The maximum absolute atomic E-state index is 10.1. The Kier molecular flexibility index (Phi) is 2.41. The summed E-state index contributed by atoms with van der Waals surface area (Å²) in [5, 5.41) is 10.1. The Morgan fingerprint density at radius 2 is 1.69 bits per heavy atom. The van der Waals surface area contributed by atoms with Crippen molar-refractivity contribution in [3.05, 3.63) is 22.3 Å². The topological polar surface area (TPSA) is 29.5 Å². The third-order valence-corrected chi connectivity index (χ3v) is 3.87. The van der Waals surface area contributed by atoms with E-state index in [1.54, 1.807) is 0 Å². The quantitative estimate of drug-likeness (QED) is 0.726. The normalized spacial score (nSPS) is 17.8. The highest BCUT2D eigenvalue weighted by atomic mass is 16.5. The number of phenols is 1. The summed E-state index contributed by atoms with van der Waals surface area (Å²) in [6.45, 7) is 11.2. The van der Waals surface area contributed by atoms with Gasteiger partial charge in [-0.15, -0.1) is 0 Å². The molecule has 0 radical (unpaired) electrons. The highest BCUT2D eigenvalue weighted by Gasteiger charge is 2.33. The summed E-state index contributed by atoms with van der Waals surface area (Å²) < 4.78 is 5.80. The van der Waals surface area contributed by atoms with Crippen LogP contribution in [0, 0.1) is 20.8 Å². The number of phenolic OH excluding ortho intramolecular Hbond substituents is 1. The van der Waals surface area contributed by atoms with Crippen molar-refractivity contribution in [3.8, 4) is 11.5 Å². The fourth-order valence-electron chi connectivity index (χ4n) is 2.63. The lowest BCUT2D eigenvalue weighted by Crippen LogP contribution is -2.28. The van der Waals surface area contributed by atoms with Gasteiger partial charge >= 0.3 is 0 Å². The van der Waals surface area contributed by atoms with Crippen molar-refractivity contribution in [3.63, 3.8) is 0 Å². The standard InChI is InChI=1S/C14H20O2/c1-8-9(2)13-11(10(3)12(8)15)14(4,5)6-7-16-13/h15H,6-7H2,1-5H3. The number of fused-ring (bicyclic) bond motifs is 1. The molecule has 0 fully saturated rings. The number of benzene rings is 1. The van der Waals surface area contributed by atoms with Gasteiger partial charge in [0.25, 0.3) is 0 Å². The average molecular weight is 220 g/mol. The van der Waals surface area contributed by atoms with Gasteiger partial charge in [0, 0.05) is 5.56 Å². The predicted octanol–water partition coefficient (Wildman–Crippen LogP) is 3.38. The molecule has 0 bridgehead atoms. The predicted molar refractivity (Wildman–Crippen MR) is 65.5 cm³/mol. The van der Waals surface area contributed by atoms with Crippen molar-refractivity contribution < 1.29 is 9.84 Å². The van der Waals surface area contributed by atoms with Gasteiger partial charge in [0.1, 0.15) is 11.5 Å². The summed E-state index contributed by atoms with van der Waals surface area (Å²) in [5.41, 5.74) is 4.26. The zero-order valence-electron chi connectivity index (χ0n) is 10.8. The van der Waals surface area contributed by atoms with Crippen molar-refractivity contribution in [1.29, 1.82) is 0 Å². The van der Waals surface area contributed by atoms with Crippen LogP contribution in [0.3, 0.4) is 0 Å². The van der Waals surface area contributed by atoms with Gasteiger partial charge < -0.3 is 9.84 Å². The van der Waals surface area contributed by atoms with Crippen molar-refractivity contribution in [2.24, 2.45) is 0 Å². The lowest BCUT2D eigenvalue weighted by Gasteiger charge is -2.35. The maximum Gasteiger partial charge on any atom is 0.126 e. The van der Waals surface area contributed by atoms with Crippen molar-refractivity contribution in [2.45, 2.75) is 46.5 Å². The largest absolute Gasteiger partial charge is 0.507 e. The molecule has 2 heteroatoms. The molecular formula is C14H20O2. The van der Waals surface area contributed by atoms with Crippen LogP contribution in [0.2, 0.25) is 0 Å². The zero-order valence-corrected chi connectivity index (χ0v) is 10.8. The Bertz CT molecular complexity index is 445. The summed E-state index contributed by atoms with van der Waals surface area (Å²) in [7, 11) is 0. The molecule has 0 atom stereocenters. The average Bonchev–Trinajstić information content (AvgIpc) is 2.21. The minimum Gasteiger partial charge on any atom is -0.507 e. The van der Waals surface area contributed by atoms with Crippen LogP contribution < -0.4 is 4.74 Å². The molecule has 0 unspecified atom stereocenters. The van der Waals surface area contributed by atoms with E-state index in [4.69, 9.17) is 4.74 Å². The summed E-state index contributed by atoms with van der Waals surface area (Å²) in [4.78, 5) is 0. The summed E-state index contributed by atoms with van der Waals surface area (Å²) in [6, 6.07) is 0. The van der Waals surface area contributed by atoms with E-state index in [0.29, 0.717) is 5.75 Å². The highest BCUT2D eigenvalue weighted by Crippen LogP contribution is 2.46. The fraction of sp³-hybridized carbons (Fsp3) is 0.571. The van der Waals surface area contributed by atoms with Gasteiger partial charge in [-0.2, -0.15) is 0 Å². The first kappa shape index (κ1) is 11.3. The molecule has 1 aliphatic rings. The molecule has 88 valence electrons. The lowest BCUT2D eigenvalue weighted by atomic mass is 9.76. The number of ether oxygens (including phenoxy) is 1. The molecule has 1 heterocycles. The van der Waals surface area contributed by atoms with Gasteiger partial charge in [-0.3, -0.25) is 0 Å². The smallest absolute Gasteiger partial charge is 0.126 e. The van der Waals surface area contributed by atoms with E-state index in [-0.39, 0.29) is 5.41 Å². The first-order valence-electron chi connectivity index (χ1n) is 5.82. The summed E-state index contributed by atoms with van der Waals surface area (Å²) >= 11 is 0. The van der Waals surface area contributed by atoms with E-state index in [2.05, 4.69) is 13.8 Å². The van der Waals surface area contributed by atoms with Gasteiger partial charge in [0.05, 0.1) is 6.61 Å². The van der Waals surface area contributed by atoms with Crippen LogP contribution in [0.5, 0.6) is 11.5 Å². The Morgan fingerprint density at radius 1 is 1.06 bits per heavy atom. The lowest BCUT2D eigenvalue weighted by molar-refractivity contribution is 0.230. The first-order chi connectivity index (χ1) is 7.36. The van der Waals surface area contributed by atoms with Gasteiger partial charge in [-0.25, -0.2) is 0 Å². The number of hydrogen-bond donors (Lipinski definition) is 1. The molecule has 0 saturated heterocycles. The number of rotatable bonds is 0. The van der Waals surface area contributed by atoms with Gasteiger partial charge in [-0.1, -0.05) is 13.8 Å². The van der Waals surface area contributed by atoms with Crippen LogP contribution in [0.15, 0.2) is 0 Å². The van der Waals surface area contributed by atoms with Crippen molar-refractivity contribution in [2.75, 3.05) is 6.61 Å². The Labute approximate surface area is 97.3 Å².